The smallest absolute Gasteiger partial charge is 0.347 e. The molecule has 0 heterocycles. The van der Waals surface area contributed by atoms with Crippen molar-refractivity contribution in [1.82, 2.24) is 0 Å². The first-order valence-corrected chi connectivity index (χ1v) is 10.9. The van der Waals surface area contributed by atoms with Crippen molar-refractivity contribution in [2.45, 2.75) is 129 Å². The molecule has 0 aliphatic carbocycles. The molecule has 0 saturated carbocycles. The number of hydrogen-bond donors (Lipinski definition) is 1. The lowest BCUT2D eigenvalue weighted by Gasteiger charge is -2.19. The zero-order valence-corrected chi connectivity index (χ0v) is 17.5. The maximum atomic E-state index is 11.6. The quantitative estimate of drug-likeness (QED) is 0.216. The maximum absolute atomic E-state index is 11.6. The first-order chi connectivity index (χ1) is 12.4. The highest BCUT2D eigenvalue weighted by Crippen LogP contribution is 2.15. The van der Waals surface area contributed by atoms with E-state index in [2.05, 4.69) is 6.92 Å². The molecule has 1 N–H and O–H groups in total. The Bertz CT molecular complexity index is 363. The van der Waals surface area contributed by atoms with Gasteiger partial charge in [0.1, 0.15) is 0 Å². The number of rotatable bonds is 18. The van der Waals surface area contributed by atoms with Crippen molar-refractivity contribution in [1.29, 1.82) is 0 Å². The summed E-state index contributed by atoms with van der Waals surface area (Å²) in [5.41, 5.74) is -1.42. The minimum atomic E-state index is -1.42. The highest BCUT2D eigenvalue weighted by atomic mass is 16.6. The topological polar surface area (TPSA) is 63.6 Å². The van der Waals surface area contributed by atoms with E-state index in [-0.39, 0.29) is 0 Å². The van der Waals surface area contributed by atoms with E-state index in [1.165, 1.54) is 90.9 Å². The van der Waals surface area contributed by atoms with Crippen LogP contribution in [0.3, 0.4) is 0 Å². The van der Waals surface area contributed by atoms with E-state index in [0.29, 0.717) is 6.42 Å². The second kappa shape index (κ2) is 16.1. The largest absolute Gasteiger partial charge is 0.478 e. The molecule has 0 fully saturated rings. The molecule has 0 unspecified atom stereocenters. The van der Waals surface area contributed by atoms with E-state index in [1.54, 1.807) is 0 Å². The molecular weight excluding hydrogens is 328 g/mol. The minimum absolute atomic E-state index is 0.314. The first kappa shape index (κ1) is 24.9. The van der Waals surface area contributed by atoms with Gasteiger partial charge in [-0.25, -0.2) is 4.79 Å². The van der Waals surface area contributed by atoms with Crippen molar-refractivity contribution in [3.05, 3.63) is 0 Å². The molecule has 0 atom stereocenters. The van der Waals surface area contributed by atoms with Crippen LogP contribution in [0.5, 0.6) is 0 Å². The molecule has 4 heteroatoms. The summed E-state index contributed by atoms with van der Waals surface area (Å²) in [5, 5.41) is 8.92. The first-order valence-electron chi connectivity index (χ1n) is 10.9. The van der Waals surface area contributed by atoms with Gasteiger partial charge in [0.2, 0.25) is 5.60 Å². The van der Waals surface area contributed by atoms with Crippen molar-refractivity contribution in [3.8, 4) is 0 Å². The van der Waals surface area contributed by atoms with E-state index in [4.69, 9.17) is 9.84 Å². The van der Waals surface area contributed by atoms with Gasteiger partial charge >= 0.3 is 11.9 Å². The van der Waals surface area contributed by atoms with Crippen LogP contribution in [0.25, 0.3) is 0 Å². The zero-order valence-electron chi connectivity index (χ0n) is 17.5. The van der Waals surface area contributed by atoms with Crippen LogP contribution in [0.4, 0.5) is 0 Å². The number of carboxylic acid groups (broad SMARTS) is 1. The molecule has 0 rings (SSSR count). The molecular formula is C22H42O4. The molecule has 0 aromatic carbocycles. The Morgan fingerprint density at radius 2 is 1.04 bits per heavy atom. The van der Waals surface area contributed by atoms with Gasteiger partial charge in [0.15, 0.2) is 0 Å². The summed E-state index contributed by atoms with van der Waals surface area (Å²) in [5.74, 6) is -1.52. The van der Waals surface area contributed by atoms with Crippen LogP contribution in [-0.2, 0) is 14.3 Å². The van der Waals surface area contributed by atoms with Crippen molar-refractivity contribution < 1.29 is 19.4 Å². The van der Waals surface area contributed by atoms with E-state index >= 15 is 0 Å². The number of carboxylic acids is 1. The monoisotopic (exact) mass is 370 g/mol. The molecule has 0 radical (unpaired) electrons. The Morgan fingerprint density at radius 1 is 0.692 bits per heavy atom. The Kier molecular flexibility index (Phi) is 15.5. The molecule has 4 nitrogen and oxygen atoms in total. The number of carbonyl (C=O) groups is 2. The Labute approximate surface area is 161 Å². The zero-order chi connectivity index (χ0) is 19.7. The number of carbonyl (C=O) groups excluding carboxylic acids is 1. The molecule has 154 valence electrons. The molecule has 0 amide bonds. The van der Waals surface area contributed by atoms with Crippen LogP contribution < -0.4 is 0 Å². The van der Waals surface area contributed by atoms with Gasteiger partial charge in [-0.15, -0.1) is 0 Å². The van der Waals surface area contributed by atoms with Crippen LogP contribution in [0, 0.1) is 0 Å². The summed E-state index contributed by atoms with van der Waals surface area (Å²) in [7, 11) is 0. The van der Waals surface area contributed by atoms with Crippen LogP contribution in [-0.4, -0.2) is 22.6 Å². The van der Waals surface area contributed by atoms with Crippen molar-refractivity contribution in [3.63, 3.8) is 0 Å². The molecule has 0 aliphatic rings. The predicted octanol–water partition coefficient (Wildman–Crippen LogP) is 6.65. The van der Waals surface area contributed by atoms with Crippen molar-refractivity contribution >= 4 is 11.9 Å². The standard InChI is InChI=1S/C22H42O4/c1-4-5-6-7-8-9-10-11-12-13-14-15-16-17-18-19-20(23)26-22(2,3)21(24)25/h4-19H2,1-3H3,(H,24,25). The van der Waals surface area contributed by atoms with Gasteiger partial charge in [-0.2, -0.15) is 0 Å². The average molecular weight is 371 g/mol. The Hall–Kier alpha value is -1.06. The van der Waals surface area contributed by atoms with E-state index in [1.807, 2.05) is 0 Å². The SMILES string of the molecule is CCCCCCCCCCCCCCCCCC(=O)OC(C)(C)C(=O)O. The second-order valence-electron chi connectivity index (χ2n) is 7.99. The second-order valence-corrected chi connectivity index (χ2v) is 7.99. The fourth-order valence-corrected chi connectivity index (χ4v) is 3.02. The van der Waals surface area contributed by atoms with Crippen molar-refractivity contribution in [2.24, 2.45) is 0 Å². The molecule has 0 bridgehead atoms. The fourth-order valence-electron chi connectivity index (χ4n) is 3.02. The molecule has 0 spiro atoms. The van der Waals surface area contributed by atoms with Crippen LogP contribution in [0.1, 0.15) is 124 Å². The number of hydrogen-bond acceptors (Lipinski definition) is 3. The van der Waals surface area contributed by atoms with E-state index in [0.717, 1.165) is 19.3 Å². The lowest BCUT2D eigenvalue weighted by molar-refractivity contribution is -0.174. The third kappa shape index (κ3) is 15.2. The summed E-state index contributed by atoms with van der Waals surface area (Å²) in [6.07, 6.45) is 19.6. The fraction of sp³-hybridized carbons (Fsp3) is 0.909. The normalized spacial score (nSPS) is 11.5. The Morgan fingerprint density at radius 3 is 1.38 bits per heavy atom. The highest BCUT2D eigenvalue weighted by molar-refractivity contribution is 5.81. The van der Waals surface area contributed by atoms with Gasteiger partial charge in [-0.05, 0) is 20.3 Å². The van der Waals surface area contributed by atoms with Crippen LogP contribution in [0.2, 0.25) is 0 Å². The molecule has 0 aliphatic heterocycles. The van der Waals surface area contributed by atoms with Gasteiger partial charge in [0.25, 0.3) is 0 Å². The summed E-state index contributed by atoms with van der Waals surface area (Å²) in [4.78, 5) is 22.5. The van der Waals surface area contributed by atoms with E-state index < -0.39 is 17.5 Å². The third-order valence-electron chi connectivity index (χ3n) is 4.87. The Balaban J connectivity index is 3.29. The summed E-state index contributed by atoms with van der Waals surface area (Å²) in [6.45, 7) is 5.07. The molecule has 0 saturated heterocycles. The molecule has 0 aromatic heterocycles. The summed E-state index contributed by atoms with van der Waals surface area (Å²) in [6, 6.07) is 0. The average Bonchev–Trinajstić information content (AvgIpc) is 2.57. The van der Waals surface area contributed by atoms with Gasteiger partial charge in [0, 0.05) is 6.42 Å². The van der Waals surface area contributed by atoms with Gasteiger partial charge in [0.05, 0.1) is 0 Å². The molecule has 26 heavy (non-hydrogen) atoms. The number of unbranched alkanes of at least 4 members (excludes halogenated alkanes) is 14. The van der Waals surface area contributed by atoms with E-state index in [9.17, 15) is 9.59 Å². The summed E-state index contributed by atoms with van der Waals surface area (Å²) >= 11 is 0. The lowest BCUT2D eigenvalue weighted by atomic mass is 10.0. The predicted molar refractivity (Wildman–Crippen MR) is 107 cm³/mol. The van der Waals surface area contributed by atoms with Gasteiger partial charge in [-0.1, -0.05) is 96.8 Å². The molecule has 0 aromatic rings. The van der Waals surface area contributed by atoms with Crippen molar-refractivity contribution in [2.75, 3.05) is 0 Å². The number of esters is 1. The van der Waals surface area contributed by atoms with Gasteiger partial charge in [-0.3, -0.25) is 4.79 Å². The number of aliphatic carboxylic acids is 1. The van der Waals surface area contributed by atoms with Gasteiger partial charge < -0.3 is 9.84 Å². The van der Waals surface area contributed by atoms with Crippen LogP contribution in [0.15, 0.2) is 0 Å². The lowest BCUT2D eigenvalue weighted by Crippen LogP contribution is -2.36. The van der Waals surface area contributed by atoms with Crippen LogP contribution >= 0.6 is 0 Å². The summed E-state index contributed by atoms with van der Waals surface area (Å²) < 4.78 is 4.98. The minimum Gasteiger partial charge on any atom is -0.478 e. The highest BCUT2D eigenvalue weighted by Gasteiger charge is 2.31. The maximum Gasteiger partial charge on any atom is 0.347 e. The third-order valence-corrected chi connectivity index (χ3v) is 4.87. The number of ether oxygens (including phenoxy) is 1.